The van der Waals surface area contributed by atoms with Crippen LogP contribution in [0.1, 0.15) is 31.4 Å². The van der Waals surface area contributed by atoms with Crippen LogP contribution < -0.4 is 11.4 Å². The van der Waals surface area contributed by atoms with Gasteiger partial charge in [0.15, 0.2) is 5.16 Å². The average molecular weight is 308 g/mol. The molecule has 2 aromatic rings. The Morgan fingerprint density at radius 2 is 2.33 bits per heavy atom. The van der Waals surface area contributed by atoms with Gasteiger partial charge in [0, 0.05) is 12.1 Å². The van der Waals surface area contributed by atoms with Gasteiger partial charge < -0.3 is 5.73 Å². The topological polar surface area (TPSA) is 76.7 Å². The minimum Gasteiger partial charge on any atom is -0.328 e. The van der Waals surface area contributed by atoms with E-state index in [1.54, 1.807) is 10.6 Å². The molecule has 1 aromatic heterocycles. The number of hydrogen-bond donors (Lipinski definition) is 2. The van der Waals surface area contributed by atoms with Crippen molar-refractivity contribution in [3.05, 3.63) is 40.1 Å². The molecule has 0 radical (unpaired) electrons. The molecule has 1 unspecified atom stereocenters. The lowest BCUT2D eigenvalue weighted by atomic mass is 10.1. The van der Waals surface area contributed by atoms with Crippen molar-refractivity contribution < 1.29 is 4.39 Å². The van der Waals surface area contributed by atoms with Gasteiger partial charge in [-0.15, -0.1) is 5.10 Å². The minimum absolute atomic E-state index is 0.00529. The number of rotatable bonds is 5. The molecule has 0 saturated heterocycles. The first-order valence-electron chi connectivity index (χ1n) is 6.93. The van der Waals surface area contributed by atoms with Gasteiger partial charge >= 0.3 is 5.69 Å². The van der Waals surface area contributed by atoms with Crippen LogP contribution in [0.4, 0.5) is 4.39 Å². The molecule has 7 heteroatoms. The van der Waals surface area contributed by atoms with Gasteiger partial charge in [0.1, 0.15) is 5.82 Å². The van der Waals surface area contributed by atoms with Crippen molar-refractivity contribution in [2.45, 2.75) is 48.3 Å². The quantitative estimate of drug-likeness (QED) is 0.886. The fraction of sp³-hybridized carbons (Fsp3) is 0.429. The molecule has 0 spiro atoms. The van der Waals surface area contributed by atoms with Crippen molar-refractivity contribution >= 4 is 11.8 Å². The van der Waals surface area contributed by atoms with Crippen LogP contribution >= 0.6 is 11.8 Å². The van der Waals surface area contributed by atoms with Crippen LogP contribution in [0.25, 0.3) is 0 Å². The molecule has 5 nitrogen and oxygen atoms in total. The summed E-state index contributed by atoms with van der Waals surface area (Å²) in [6, 6.07) is 5.28. The SMILES string of the molecule is CC(N)Cc1ccc(Sc2n[nH]c(=O)n2C2CC2)c(F)c1. The third-order valence-electron chi connectivity index (χ3n) is 3.34. The molecule has 1 fully saturated rings. The van der Waals surface area contributed by atoms with E-state index in [2.05, 4.69) is 10.2 Å². The molecule has 112 valence electrons. The van der Waals surface area contributed by atoms with E-state index in [1.807, 2.05) is 13.0 Å². The van der Waals surface area contributed by atoms with E-state index in [-0.39, 0.29) is 23.6 Å². The molecule has 1 saturated carbocycles. The number of H-pyrrole nitrogens is 1. The van der Waals surface area contributed by atoms with E-state index in [1.165, 1.54) is 17.8 Å². The predicted octanol–water partition coefficient (Wildman–Crippen LogP) is 2.09. The molecular formula is C14H17FN4OS. The number of nitrogens with two attached hydrogens (primary N) is 1. The highest BCUT2D eigenvalue weighted by atomic mass is 32.2. The highest BCUT2D eigenvalue weighted by molar-refractivity contribution is 7.99. The number of benzene rings is 1. The normalized spacial score (nSPS) is 16.1. The summed E-state index contributed by atoms with van der Waals surface area (Å²) in [6.45, 7) is 1.89. The predicted molar refractivity (Wildman–Crippen MR) is 79.0 cm³/mol. The van der Waals surface area contributed by atoms with Crippen LogP contribution in [-0.2, 0) is 6.42 Å². The van der Waals surface area contributed by atoms with E-state index >= 15 is 0 Å². The molecule has 1 aliphatic rings. The number of hydrogen-bond acceptors (Lipinski definition) is 4. The fourth-order valence-corrected chi connectivity index (χ4v) is 3.15. The third-order valence-corrected chi connectivity index (χ3v) is 4.36. The van der Waals surface area contributed by atoms with Gasteiger partial charge in [0.25, 0.3) is 0 Å². The average Bonchev–Trinajstić information content (AvgIpc) is 3.17. The number of aromatic amines is 1. The first kappa shape index (κ1) is 14.3. The summed E-state index contributed by atoms with van der Waals surface area (Å²) in [5, 5.41) is 6.93. The van der Waals surface area contributed by atoms with Gasteiger partial charge in [-0.2, -0.15) is 0 Å². The van der Waals surface area contributed by atoms with Gasteiger partial charge in [-0.3, -0.25) is 4.57 Å². The largest absolute Gasteiger partial charge is 0.344 e. The summed E-state index contributed by atoms with van der Waals surface area (Å²) >= 11 is 1.17. The summed E-state index contributed by atoms with van der Waals surface area (Å²) in [4.78, 5) is 12.2. The molecule has 0 aliphatic heterocycles. The second-order valence-corrected chi connectivity index (χ2v) is 6.47. The Hall–Kier alpha value is -1.60. The standard InChI is InChI=1S/C14H17FN4OS/c1-8(16)6-9-2-5-12(11(15)7-9)21-14-18-17-13(20)19(14)10-3-4-10/h2,5,7-8,10H,3-4,6,16H2,1H3,(H,17,20). The maximum atomic E-state index is 14.2. The van der Waals surface area contributed by atoms with E-state index in [0.717, 1.165) is 18.4 Å². The van der Waals surface area contributed by atoms with Crippen molar-refractivity contribution in [1.29, 1.82) is 0 Å². The summed E-state index contributed by atoms with van der Waals surface area (Å²) in [7, 11) is 0. The fourth-order valence-electron chi connectivity index (χ4n) is 2.24. The molecule has 1 aromatic carbocycles. The van der Waals surface area contributed by atoms with Crippen LogP contribution in [0.3, 0.4) is 0 Å². The molecule has 0 bridgehead atoms. The van der Waals surface area contributed by atoms with Crippen LogP contribution in [0.15, 0.2) is 33.0 Å². The molecular weight excluding hydrogens is 291 g/mol. The molecule has 3 rings (SSSR count). The molecule has 21 heavy (non-hydrogen) atoms. The first-order chi connectivity index (χ1) is 10.0. The van der Waals surface area contributed by atoms with Crippen molar-refractivity contribution in [2.75, 3.05) is 0 Å². The Morgan fingerprint density at radius 3 is 2.95 bits per heavy atom. The maximum Gasteiger partial charge on any atom is 0.344 e. The lowest BCUT2D eigenvalue weighted by molar-refractivity contribution is 0.595. The molecule has 1 heterocycles. The Balaban J connectivity index is 1.83. The molecule has 0 amide bonds. The second kappa shape index (κ2) is 5.65. The summed E-state index contributed by atoms with van der Waals surface area (Å²) in [5.41, 5.74) is 6.36. The van der Waals surface area contributed by atoms with Gasteiger partial charge in [-0.1, -0.05) is 6.07 Å². The first-order valence-corrected chi connectivity index (χ1v) is 7.75. The highest BCUT2D eigenvalue weighted by Crippen LogP contribution is 2.38. The number of nitrogens with zero attached hydrogens (tertiary/aromatic N) is 2. The van der Waals surface area contributed by atoms with E-state index < -0.39 is 0 Å². The molecule has 1 atom stereocenters. The molecule has 1 aliphatic carbocycles. The van der Waals surface area contributed by atoms with E-state index in [9.17, 15) is 9.18 Å². The van der Waals surface area contributed by atoms with Crippen LogP contribution in [-0.4, -0.2) is 20.8 Å². The minimum atomic E-state index is -0.309. The zero-order chi connectivity index (χ0) is 15.0. The van der Waals surface area contributed by atoms with Crippen LogP contribution in [0.2, 0.25) is 0 Å². The lowest BCUT2D eigenvalue weighted by Gasteiger charge is -2.08. The van der Waals surface area contributed by atoms with E-state index in [0.29, 0.717) is 16.5 Å². The smallest absolute Gasteiger partial charge is 0.328 e. The molecule has 3 N–H and O–H groups in total. The number of nitrogens with one attached hydrogen (secondary N) is 1. The zero-order valence-corrected chi connectivity index (χ0v) is 12.5. The monoisotopic (exact) mass is 308 g/mol. The Labute approximate surface area is 125 Å². The van der Waals surface area contributed by atoms with Gasteiger partial charge in [0.05, 0.1) is 4.90 Å². The van der Waals surface area contributed by atoms with Crippen molar-refractivity contribution in [3.8, 4) is 0 Å². The maximum absolute atomic E-state index is 14.2. The van der Waals surface area contributed by atoms with Crippen molar-refractivity contribution in [1.82, 2.24) is 14.8 Å². The Morgan fingerprint density at radius 1 is 1.57 bits per heavy atom. The van der Waals surface area contributed by atoms with E-state index in [4.69, 9.17) is 5.73 Å². The van der Waals surface area contributed by atoms with Crippen LogP contribution in [0.5, 0.6) is 0 Å². The summed E-state index contributed by atoms with van der Waals surface area (Å²) in [6.07, 6.45) is 2.59. The van der Waals surface area contributed by atoms with Crippen molar-refractivity contribution in [3.63, 3.8) is 0 Å². The Kier molecular flexibility index (Phi) is 3.86. The van der Waals surface area contributed by atoms with Gasteiger partial charge in [-0.05, 0) is 55.6 Å². The van der Waals surface area contributed by atoms with Gasteiger partial charge in [-0.25, -0.2) is 14.3 Å². The number of halogens is 1. The van der Waals surface area contributed by atoms with Crippen LogP contribution in [0, 0.1) is 5.82 Å². The summed E-state index contributed by atoms with van der Waals surface area (Å²) in [5.74, 6) is -0.309. The Bertz CT molecular complexity index is 705. The summed E-state index contributed by atoms with van der Waals surface area (Å²) < 4.78 is 15.8. The van der Waals surface area contributed by atoms with Crippen molar-refractivity contribution in [2.24, 2.45) is 5.73 Å². The number of aromatic nitrogens is 3. The second-order valence-electron chi connectivity index (χ2n) is 5.46. The lowest BCUT2D eigenvalue weighted by Crippen LogP contribution is -2.17. The third kappa shape index (κ3) is 3.19. The highest BCUT2D eigenvalue weighted by Gasteiger charge is 2.29. The zero-order valence-electron chi connectivity index (χ0n) is 11.7. The van der Waals surface area contributed by atoms with Gasteiger partial charge in [0.2, 0.25) is 0 Å².